The fourth-order valence-corrected chi connectivity index (χ4v) is 7.34. The summed E-state index contributed by atoms with van der Waals surface area (Å²) in [6.07, 6.45) is 60.1. The number of amides is 1. The minimum Gasteiger partial charge on any atom is -0.480 e. The highest BCUT2D eigenvalue weighted by Crippen LogP contribution is 2.17. The SMILES string of the molecule is CC/C=C\C/C=C\C/C=C\C/C=C\C/C=C\C(CCCCC(=O)NC(CCCN)C(=O)O)OC(=O)CCCCCCCCCCCCCCCCCCCCCCCCC. The number of aliphatic carboxylic acids is 1. The van der Waals surface area contributed by atoms with E-state index in [4.69, 9.17) is 10.5 Å². The molecule has 0 radical (unpaired) electrons. The summed E-state index contributed by atoms with van der Waals surface area (Å²) in [5.41, 5.74) is 5.51. The van der Waals surface area contributed by atoms with Crippen LogP contribution in [0.5, 0.6) is 0 Å². The molecule has 0 aromatic carbocycles. The molecule has 0 aromatic rings. The highest BCUT2D eigenvalue weighted by atomic mass is 16.5. The molecular formula is C53H94N2O5. The van der Waals surface area contributed by atoms with Crippen LogP contribution >= 0.6 is 0 Å². The van der Waals surface area contributed by atoms with E-state index in [0.29, 0.717) is 45.1 Å². The van der Waals surface area contributed by atoms with Gasteiger partial charge in [0, 0.05) is 12.8 Å². The van der Waals surface area contributed by atoms with Gasteiger partial charge in [-0.25, -0.2) is 4.79 Å². The third-order valence-corrected chi connectivity index (χ3v) is 11.1. The molecule has 2 unspecified atom stereocenters. The van der Waals surface area contributed by atoms with E-state index >= 15 is 0 Å². The maximum absolute atomic E-state index is 12.8. The lowest BCUT2D eigenvalue weighted by Crippen LogP contribution is -2.40. The quantitative estimate of drug-likeness (QED) is 0.0319. The van der Waals surface area contributed by atoms with Crippen molar-refractivity contribution in [2.24, 2.45) is 5.73 Å². The zero-order chi connectivity index (χ0) is 43.8. The first kappa shape index (κ1) is 57.1. The van der Waals surface area contributed by atoms with Gasteiger partial charge in [-0.2, -0.15) is 0 Å². The fraction of sp³-hybridized carbons (Fsp3) is 0.755. The smallest absolute Gasteiger partial charge is 0.326 e. The van der Waals surface area contributed by atoms with E-state index in [-0.39, 0.29) is 24.4 Å². The van der Waals surface area contributed by atoms with Gasteiger partial charge in [0.25, 0.3) is 0 Å². The Morgan fingerprint density at radius 3 is 1.32 bits per heavy atom. The van der Waals surface area contributed by atoms with Crippen LogP contribution in [0.2, 0.25) is 0 Å². The highest BCUT2D eigenvalue weighted by molar-refractivity contribution is 5.83. The molecule has 346 valence electrons. The van der Waals surface area contributed by atoms with E-state index in [1.807, 2.05) is 12.2 Å². The van der Waals surface area contributed by atoms with Gasteiger partial charge in [0.15, 0.2) is 0 Å². The van der Waals surface area contributed by atoms with E-state index in [2.05, 4.69) is 67.8 Å². The third kappa shape index (κ3) is 43.2. The van der Waals surface area contributed by atoms with Crippen molar-refractivity contribution in [2.75, 3.05) is 6.54 Å². The zero-order valence-corrected chi connectivity index (χ0v) is 39.0. The number of unbranched alkanes of at least 4 members (excludes halogenated alkanes) is 23. The lowest BCUT2D eigenvalue weighted by atomic mass is 10.0. The summed E-state index contributed by atoms with van der Waals surface area (Å²) < 4.78 is 5.90. The number of nitrogens with two attached hydrogens (primary N) is 1. The maximum atomic E-state index is 12.8. The van der Waals surface area contributed by atoms with Gasteiger partial charge in [-0.05, 0) is 83.2 Å². The number of allylic oxidation sites excluding steroid dienone is 9. The van der Waals surface area contributed by atoms with Crippen LogP contribution in [0.25, 0.3) is 0 Å². The Hall–Kier alpha value is -2.93. The van der Waals surface area contributed by atoms with Gasteiger partial charge in [-0.15, -0.1) is 0 Å². The normalized spacial score (nSPS) is 13.1. The standard InChI is InChI=1S/C53H94N2O5/c1-3-5-7-9-11-13-15-17-19-20-21-22-23-24-25-26-27-29-31-33-35-37-39-47-52(57)60-49(44-40-41-46-51(56)55-50(53(58)59)45-42-48-54)43-38-36-34-32-30-28-18-16-14-12-10-8-6-4-2/h6,8,12,14,18,28,32,34,38,43,49-50H,3-5,7,9-11,13,15-17,19-27,29-31,33,35-37,39-42,44-48,54H2,1-2H3,(H,55,56)(H,58,59)/b8-6-,14-12-,28-18-,34-32-,43-38-. The van der Waals surface area contributed by atoms with Crippen LogP contribution in [0.4, 0.5) is 0 Å². The number of carbonyl (C=O) groups is 3. The Kier molecular flexibility index (Phi) is 44.8. The van der Waals surface area contributed by atoms with Gasteiger partial charge in [0.05, 0.1) is 0 Å². The monoisotopic (exact) mass is 839 g/mol. The van der Waals surface area contributed by atoms with Crippen LogP contribution in [0, 0.1) is 0 Å². The number of nitrogens with one attached hydrogen (secondary N) is 1. The Balaban J connectivity index is 4.28. The largest absolute Gasteiger partial charge is 0.480 e. The average Bonchev–Trinajstić information content (AvgIpc) is 3.23. The second-order valence-electron chi connectivity index (χ2n) is 16.9. The minimum atomic E-state index is -1.04. The molecule has 0 aromatic heterocycles. The van der Waals surface area contributed by atoms with Gasteiger partial charge in [-0.1, -0.05) is 210 Å². The van der Waals surface area contributed by atoms with Crippen LogP contribution in [0.3, 0.4) is 0 Å². The molecule has 1 amide bonds. The van der Waals surface area contributed by atoms with Crippen molar-refractivity contribution in [3.05, 3.63) is 60.8 Å². The minimum absolute atomic E-state index is 0.161. The van der Waals surface area contributed by atoms with E-state index in [0.717, 1.165) is 44.9 Å². The van der Waals surface area contributed by atoms with Crippen molar-refractivity contribution in [2.45, 2.75) is 251 Å². The molecule has 0 saturated heterocycles. The number of carboxylic acid groups (broad SMARTS) is 1. The summed E-state index contributed by atoms with van der Waals surface area (Å²) in [5.74, 6) is -1.47. The number of esters is 1. The van der Waals surface area contributed by atoms with Crippen LogP contribution in [0.15, 0.2) is 60.8 Å². The van der Waals surface area contributed by atoms with Crippen molar-refractivity contribution in [3.63, 3.8) is 0 Å². The first-order chi connectivity index (χ1) is 29.4. The van der Waals surface area contributed by atoms with E-state index in [1.165, 1.54) is 135 Å². The van der Waals surface area contributed by atoms with Crippen molar-refractivity contribution in [1.82, 2.24) is 5.32 Å². The Morgan fingerprint density at radius 2 is 0.900 bits per heavy atom. The molecule has 7 heteroatoms. The van der Waals surface area contributed by atoms with Crippen molar-refractivity contribution < 1.29 is 24.2 Å². The molecule has 0 heterocycles. The second kappa shape index (κ2) is 47.1. The van der Waals surface area contributed by atoms with Gasteiger partial charge >= 0.3 is 11.9 Å². The molecule has 0 aliphatic heterocycles. The second-order valence-corrected chi connectivity index (χ2v) is 16.9. The molecule has 4 N–H and O–H groups in total. The molecule has 0 spiro atoms. The Bertz CT molecular complexity index is 1130. The molecule has 0 aliphatic rings. The van der Waals surface area contributed by atoms with E-state index < -0.39 is 12.0 Å². The number of hydrogen-bond acceptors (Lipinski definition) is 5. The van der Waals surface area contributed by atoms with Crippen LogP contribution in [0.1, 0.15) is 239 Å². The van der Waals surface area contributed by atoms with Crippen molar-refractivity contribution >= 4 is 17.8 Å². The first-order valence-corrected chi connectivity index (χ1v) is 25.1. The summed E-state index contributed by atoms with van der Waals surface area (Å²) in [7, 11) is 0. The molecule has 7 nitrogen and oxygen atoms in total. The number of carboxylic acids is 1. The summed E-state index contributed by atoms with van der Waals surface area (Å²) in [6, 6.07) is -0.912. The molecule has 0 saturated carbocycles. The predicted octanol–water partition coefficient (Wildman–Crippen LogP) is 14.9. The van der Waals surface area contributed by atoms with Crippen LogP contribution < -0.4 is 11.1 Å². The Labute approximate surface area is 370 Å². The van der Waals surface area contributed by atoms with Gasteiger partial charge in [-0.3, -0.25) is 9.59 Å². The van der Waals surface area contributed by atoms with Crippen LogP contribution in [-0.2, 0) is 19.1 Å². The molecule has 60 heavy (non-hydrogen) atoms. The number of ether oxygens (including phenoxy) is 1. The first-order valence-electron chi connectivity index (χ1n) is 25.1. The molecule has 0 bridgehead atoms. The van der Waals surface area contributed by atoms with Crippen molar-refractivity contribution in [1.29, 1.82) is 0 Å². The summed E-state index contributed by atoms with van der Waals surface area (Å²) >= 11 is 0. The summed E-state index contributed by atoms with van der Waals surface area (Å²) in [4.78, 5) is 36.7. The maximum Gasteiger partial charge on any atom is 0.326 e. The number of carbonyl (C=O) groups excluding carboxylic acids is 2. The van der Waals surface area contributed by atoms with Gasteiger partial charge < -0.3 is 20.9 Å². The summed E-state index contributed by atoms with van der Waals surface area (Å²) in [6.45, 7) is 4.82. The zero-order valence-electron chi connectivity index (χ0n) is 39.0. The van der Waals surface area contributed by atoms with E-state index in [9.17, 15) is 19.5 Å². The van der Waals surface area contributed by atoms with Gasteiger partial charge in [0.2, 0.25) is 5.91 Å². The van der Waals surface area contributed by atoms with E-state index in [1.54, 1.807) is 0 Å². The molecule has 0 fully saturated rings. The average molecular weight is 839 g/mol. The molecule has 2 atom stereocenters. The van der Waals surface area contributed by atoms with Crippen LogP contribution in [-0.4, -0.2) is 41.6 Å². The topological polar surface area (TPSA) is 119 Å². The lowest BCUT2D eigenvalue weighted by molar-refractivity contribution is -0.147. The number of hydrogen-bond donors (Lipinski definition) is 3. The molecule has 0 aliphatic carbocycles. The lowest BCUT2D eigenvalue weighted by Gasteiger charge is -2.16. The fourth-order valence-electron chi connectivity index (χ4n) is 7.34. The Morgan fingerprint density at radius 1 is 0.500 bits per heavy atom. The third-order valence-electron chi connectivity index (χ3n) is 11.1. The predicted molar refractivity (Wildman–Crippen MR) is 257 cm³/mol. The molecular weight excluding hydrogens is 745 g/mol. The summed E-state index contributed by atoms with van der Waals surface area (Å²) in [5, 5.41) is 12.0. The van der Waals surface area contributed by atoms with Gasteiger partial charge in [0.1, 0.15) is 12.1 Å². The van der Waals surface area contributed by atoms with Crippen molar-refractivity contribution in [3.8, 4) is 0 Å². The highest BCUT2D eigenvalue weighted by Gasteiger charge is 2.19. The number of rotatable bonds is 45. The molecule has 0 rings (SSSR count).